The zero-order valence-corrected chi connectivity index (χ0v) is 16.8. The fourth-order valence-electron chi connectivity index (χ4n) is 3.23. The van der Waals surface area contributed by atoms with Gasteiger partial charge in [-0.1, -0.05) is 24.3 Å². The highest BCUT2D eigenvalue weighted by Crippen LogP contribution is 2.43. The van der Waals surface area contributed by atoms with Crippen molar-refractivity contribution in [2.75, 3.05) is 13.2 Å². The van der Waals surface area contributed by atoms with Crippen molar-refractivity contribution in [2.45, 2.75) is 12.4 Å². The highest BCUT2D eigenvalue weighted by molar-refractivity contribution is 5.98. The standard InChI is InChI=1S/C23H17F6NO3/c24-22(25,26)16-5-1-3-13(9-16)18-11-15(21(30)32)12-19(20(18)33-8-7-31)14-4-2-6-17(10-14)23(27,28)29/h1-6,9-12,31H,7-8H2,(H2,30,32). The van der Waals surface area contributed by atoms with E-state index in [1.54, 1.807) is 0 Å². The molecule has 0 unspecified atom stereocenters. The van der Waals surface area contributed by atoms with Crippen LogP contribution in [0.15, 0.2) is 60.7 Å². The molecule has 10 heteroatoms. The van der Waals surface area contributed by atoms with Gasteiger partial charge in [-0.15, -0.1) is 0 Å². The lowest BCUT2D eigenvalue weighted by molar-refractivity contribution is -0.138. The quantitative estimate of drug-likeness (QED) is 0.467. The van der Waals surface area contributed by atoms with Gasteiger partial charge in [0.15, 0.2) is 0 Å². The number of aliphatic hydroxyl groups excluding tert-OH is 1. The van der Waals surface area contributed by atoms with Gasteiger partial charge in [-0.3, -0.25) is 4.79 Å². The Labute approximate surface area is 184 Å². The summed E-state index contributed by atoms with van der Waals surface area (Å²) in [5, 5.41) is 9.20. The van der Waals surface area contributed by atoms with Crippen molar-refractivity contribution in [3.8, 4) is 28.0 Å². The van der Waals surface area contributed by atoms with Crippen LogP contribution in [0.4, 0.5) is 26.3 Å². The summed E-state index contributed by atoms with van der Waals surface area (Å²) in [7, 11) is 0. The van der Waals surface area contributed by atoms with Gasteiger partial charge < -0.3 is 15.6 Å². The summed E-state index contributed by atoms with van der Waals surface area (Å²) in [6.07, 6.45) is -9.32. The third-order valence-corrected chi connectivity index (χ3v) is 4.71. The van der Waals surface area contributed by atoms with Gasteiger partial charge in [0.2, 0.25) is 5.91 Å². The number of amides is 1. The van der Waals surface area contributed by atoms with Crippen LogP contribution >= 0.6 is 0 Å². The lowest BCUT2D eigenvalue weighted by atomic mass is 9.92. The predicted octanol–water partition coefficient (Wildman–Crippen LogP) is 5.53. The molecule has 0 aliphatic carbocycles. The maximum Gasteiger partial charge on any atom is 0.416 e. The van der Waals surface area contributed by atoms with Gasteiger partial charge in [-0.25, -0.2) is 0 Å². The summed E-state index contributed by atoms with van der Waals surface area (Å²) >= 11 is 0. The third-order valence-electron chi connectivity index (χ3n) is 4.71. The van der Waals surface area contributed by atoms with E-state index in [0.29, 0.717) is 0 Å². The minimum absolute atomic E-state index is 0.00161. The van der Waals surface area contributed by atoms with Crippen molar-refractivity contribution in [1.82, 2.24) is 0 Å². The maximum absolute atomic E-state index is 13.2. The van der Waals surface area contributed by atoms with Gasteiger partial charge in [0.1, 0.15) is 12.4 Å². The number of carbonyl (C=O) groups is 1. The molecule has 3 aromatic carbocycles. The van der Waals surface area contributed by atoms with Crippen LogP contribution in [0.2, 0.25) is 0 Å². The molecule has 3 rings (SSSR count). The Hall–Kier alpha value is -3.53. The van der Waals surface area contributed by atoms with Crippen molar-refractivity contribution in [3.05, 3.63) is 77.4 Å². The fraction of sp³-hybridized carbons (Fsp3) is 0.174. The first-order valence-electron chi connectivity index (χ1n) is 9.48. The number of nitrogens with two attached hydrogens (primary N) is 1. The van der Waals surface area contributed by atoms with Gasteiger partial charge in [0.25, 0.3) is 0 Å². The molecule has 0 atom stereocenters. The third kappa shape index (κ3) is 5.46. The molecular formula is C23H17F6NO3. The van der Waals surface area contributed by atoms with Crippen LogP contribution < -0.4 is 10.5 Å². The number of ether oxygens (including phenoxy) is 1. The average molecular weight is 469 g/mol. The number of primary amides is 1. The van der Waals surface area contributed by atoms with Crippen LogP contribution in [0.1, 0.15) is 21.5 Å². The summed E-state index contributed by atoms with van der Waals surface area (Å²) < 4.78 is 85.0. The molecule has 3 aromatic rings. The highest BCUT2D eigenvalue weighted by Gasteiger charge is 2.32. The first-order valence-corrected chi connectivity index (χ1v) is 9.48. The number of benzene rings is 3. The van der Waals surface area contributed by atoms with Crippen molar-refractivity contribution < 1.29 is 41.0 Å². The van der Waals surface area contributed by atoms with Crippen molar-refractivity contribution in [1.29, 1.82) is 0 Å². The highest BCUT2D eigenvalue weighted by atomic mass is 19.4. The van der Waals surface area contributed by atoms with Crippen LogP contribution in [0.5, 0.6) is 5.75 Å². The van der Waals surface area contributed by atoms with E-state index in [-0.39, 0.29) is 40.2 Å². The van der Waals surface area contributed by atoms with Crippen molar-refractivity contribution in [3.63, 3.8) is 0 Å². The Morgan fingerprint density at radius 3 is 1.64 bits per heavy atom. The number of rotatable bonds is 6. The predicted molar refractivity (Wildman–Crippen MR) is 108 cm³/mol. The van der Waals surface area contributed by atoms with E-state index in [1.165, 1.54) is 24.3 Å². The molecule has 3 N–H and O–H groups in total. The Morgan fingerprint density at radius 1 is 0.818 bits per heavy atom. The summed E-state index contributed by atoms with van der Waals surface area (Å²) in [4.78, 5) is 11.9. The van der Waals surface area contributed by atoms with Crippen LogP contribution in [0, 0.1) is 0 Å². The molecule has 0 saturated carbocycles. The first-order chi connectivity index (χ1) is 15.4. The SMILES string of the molecule is NC(=O)c1cc(-c2cccc(C(F)(F)F)c2)c(OCCO)c(-c2cccc(C(F)(F)F)c2)c1. The van der Waals surface area contributed by atoms with Crippen LogP contribution in [-0.4, -0.2) is 24.2 Å². The van der Waals surface area contributed by atoms with E-state index in [4.69, 9.17) is 10.5 Å². The van der Waals surface area contributed by atoms with Crippen LogP contribution in [0.25, 0.3) is 22.3 Å². The molecule has 33 heavy (non-hydrogen) atoms. The molecule has 4 nitrogen and oxygen atoms in total. The molecule has 0 aliphatic rings. The van der Waals surface area contributed by atoms with Gasteiger partial charge in [0.05, 0.1) is 17.7 Å². The summed E-state index contributed by atoms with van der Waals surface area (Å²) in [5.41, 5.74) is 3.27. The number of hydrogen-bond donors (Lipinski definition) is 2. The lowest BCUT2D eigenvalue weighted by Crippen LogP contribution is -2.13. The summed E-state index contributed by atoms with van der Waals surface area (Å²) in [6, 6.07) is 10.7. The number of alkyl halides is 6. The molecule has 0 bridgehead atoms. The van der Waals surface area contributed by atoms with E-state index in [2.05, 4.69) is 0 Å². The van der Waals surface area contributed by atoms with Crippen LogP contribution in [0.3, 0.4) is 0 Å². The molecule has 0 fully saturated rings. The molecule has 0 aliphatic heterocycles. The fourth-order valence-corrected chi connectivity index (χ4v) is 3.23. The summed E-state index contributed by atoms with van der Waals surface area (Å²) in [6.45, 7) is -0.768. The molecular weight excluding hydrogens is 452 g/mol. The smallest absolute Gasteiger partial charge is 0.416 e. The largest absolute Gasteiger partial charge is 0.490 e. The van der Waals surface area contributed by atoms with E-state index in [1.807, 2.05) is 0 Å². The molecule has 0 radical (unpaired) electrons. The zero-order valence-electron chi connectivity index (χ0n) is 16.8. The van der Waals surface area contributed by atoms with E-state index >= 15 is 0 Å². The lowest BCUT2D eigenvalue weighted by Gasteiger charge is -2.19. The number of halogens is 6. The van der Waals surface area contributed by atoms with E-state index < -0.39 is 36.0 Å². The first kappa shape index (κ1) is 24.1. The van der Waals surface area contributed by atoms with Gasteiger partial charge >= 0.3 is 12.4 Å². The molecule has 0 aromatic heterocycles. The normalized spacial score (nSPS) is 12.0. The Bertz CT molecular complexity index is 1090. The van der Waals surface area contributed by atoms with E-state index in [0.717, 1.165) is 36.4 Å². The van der Waals surface area contributed by atoms with Crippen LogP contribution in [-0.2, 0) is 12.4 Å². The Kier molecular flexibility index (Phi) is 6.68. The Morgan fingerprint density at radius 2 is 1.27 bits per heavy atom. The maximum atomic E-state index is 13.2. The second kappa shape index (κ2) is 9.14. The van der Waals surface area contributed by atoms with Crippen molar-refractivity contribution in [2.24, 2.45) is 5.73 Å². The monoisotopic (exact) mass is 469 g/mol. The second-order valence-corrected chi connectivity index (χ2v) is 6.99. The molecule has 0 spiro atoms. The van der Waals surface area contributed by atoms with Gasteiger partial charge in [0, 0.05) is 16.7 Å². The number of aliphatic hydroxyl groups is 1. The van der Waals surface area contributed by atoms with Gasteiger partial charge in [-0.05, 0) is 47.5 Å². The average Bonchev–Trinajstić information content (AvgIpc) is 2.76. The zero-order chi connectivity index (χ0) is 24.4. The minimum atomic E-state index is -4.66. The topological polar surface area (TPSA) is 72.6 Å². The second-order valence-electron chi connectivity index (χ2n) is 6.99. The van der Waals surface area contributed by atoms with Crippen molar-refractivity contribution >= 4 is 5.91 Å². The Balaban J connectivity index is 2.33. The molecule has 1 amide bonds. The number of carbonyl (C=O) groups excluding carboxylic acids is 1. The minimum Gasteiger partial charge on any atom is -0.490 e. The number of hydrogen-bond acceptors (Lipinski definition) is 3. The van der Waals surface area contributed by atoms with Gasteiger partial charge in [-0.2, -0.15) is 26.3 Å². The molecule has 0 heterocycles. The molecule has 0 saturated heterocycles. The van der Waals surface area contributed by atoms with E-state index in [9.17, 15) is 36.2 Å². The molecule has 174 valence electrons. The summed E-state index contributed by atoms with van der Waals surface area (Å²) in [5.74, 6) is -1.04.